The van der Waals surface area contributed by atoms with E-state index in [1.807, 2.05) is 0 Å². The highest BCUT2D eigenvalue weighted by molar-refractivity contribution is 7.80. The number of rotatable bonds is 4. The molecule has 15 heavy (non-hydrogen) atoms. The molecule has 0 fully saturated rings. The Kier molecular flexibility index (Phi) is 4.17. The Labute approximate surface area is 93.3 Å². The van der Waals surface area contributed by atoms with Crippen molar-refractivity contribution >= 4 is 24.4 Å². The minimum absolute atomic E-state index is 0.188. The van der Waals surface area contributed by atoms with E-state index >= 15 is 0 Å². The molecule has 0 radical (unpaired) electrons. The summed E-state index contributed by atoms with van der Waals surface area (Å²) >= 11 is 3.93. The first kappa shape index (κ1) is 11.6. The normalized spacial score (nSPS) is 11.8. The number of carbonyl (C=O) groups is 2. The lowest BCUT2D eigenvalue weighted by atomic mass is 10.2. The Morgan fingerprint density at radius 2 is 1.93 bits per heavy atom. The second-order valence-corrected chi connectivity index (χ2v) is 3.34. The van der Waals surface area contributed by atoms with Crippen molar-refractivity contribution in [3.05, 3.63) is 35.9 Å². The van der Waals surface area contributed by atoms with Gasteiger partial charge in [-0.25, -0.2) is 0 Å². The molecule has 1 unspecified atom stereocenters. The summed E-state index contributed by atoms with van der Waals surface area (Å²) in [6, 6.07) is 7.88. The van der Waals surface area contributed by atoms with Crippen molar-refractivity contribution in [2.45, 2.75) is 6.04 Å². The van der Waals surface area contributed by atoms with Crippen molar-refractivity contribution in [1.82, 2.24) is 5.32 Å². The minimum Gasteiger partial charge on any atom is -0.368 e. The number of primary amides is 1. The quantitative estimate of drug-likeness (QED) is 0.639. The van der Waals surface area contributed by atoms with Gasteiger partial charge in [0.25, 0.3) is 5.91 Å². The van der Waals surface area contributed by atoms with Crippen LogP contribution in [0.5, 0.6) is 0 Å². The summed E-state index contributed by atoms with van der Waals surface area (Å²) in [6.07, 6.45) is 0. The van der Waals surface area contributed by atoms with E-state index in [2.05, 4.69) is 17.9 Å². The van der Waals surface area contributed by atoms with Gasteiger partial charge in [-0.3, -0.25) is 9.59 Å². The summed E-state index contributed by atoms with van der Waals surface area (Å²) in [5.74, 6) is -0.726. The van der Waals surface area contributed by atoms with Gasteiger partial charge in [0.15, 0.2) is 0 Å². The van der Waals surface area contributed by atoms with E-state index in [-0.39, 0.29) is 11.7 Å². The molecule has 5 heteroatoms. The Morgan fingerprint density at radius 3 is 2.40 bits per heavy atom. The number of thiol groups is 1. The summed E-state index contributed by atoms with van der Waals surface area (Å²) in [4.78, 5) is 22.4. The maximum atomic E-state index is 11.6. The summed E-state index contributed by atoms with van der Waals surface area (Å²) in [7, 11) is 0. The molecule has 3 N–H and O–H groups in total. The summed E-state index contributed by atoms with van der Waals surface area (Å²) in [5, 5.41) is 2.49. The molecule has 0 spiro atoms. The number of amides is 2. The molecule has 1 atom stereocenters. The van der Waals surface area contributed by atoms with Crippen LogP contribution in [0.25, 0.3) is 0 Å². The minimum atomic E-state index is -0.735. The van der Waals surface area contributed by atoms with Gasteiger partial charge in [-0.05, 0) is 12.1 Å². The number of nitrogens with two attached hydrogens (primary N) is 1. The average Bonchev–Trinajstić information content (AvgIpc) is 2.26. The lowest BCUT2D eigenvalue weighted by Crippen LogP contribution is -2.45. The van der Waals surface area contributed by atoms with Gasteiger partial charge in [0, 0.05) is 11.3 Å². The first-order valence-electron chi connectivity index (χ1n) is 4.41. The molecule has 1 aromatic carbocycles. The summed E-state index contributed by atoms with van der Waals surface area (Å²) in [6.45, 7) is 0. The third-order valence-electron chi connectivity index (χ3n) is 1.87. The van der Waals surface area contributed by atoms with E-state index in [4.69, 9.17) is 5.73 Å². The molecule has 0 aromatic heterocycles. The molecule has 2 amide bonds. The lowest BCUT2D eigenvalue weighted by molar-refractivity contribution is -0.119. The van der Waals surface area contributed by atoms with Crippen molar-refractivity contribution in [1.29, 1.82) is 0 Å². The molecular weight excluding hydrogens is 212 g/mol. The van der Waals surface area contributed by atoms with Gasteiger partial charge in [-0.2, -0.15) is 12.6 Å². The molecular formula is C10H12N2O2S. The first-order chi connectivity index (χ1) is 7.15. The zero-order chi connectivity index (χ0) is 11.3. The maximum Gasteiger partial charge on any atom is 0.251 e. The standard InChI is InChI=1S/C10H12N2O2S/c11-9(13)8(6-15)12-10(14)7-4-2-1-3-5-7/h1-5,8,15H,6H2,(H2,11,13)(H,12,14). The van der Waals surface area contributed by atoms with Gasteiger partial charge in [0.1, 0.15) is 6.04 Å². The fourth-order valence-corrected chi connectivity index (χ4v) is 1.31. The van der Waals surface area contributed by atoms with Crippen LogP contribution in [0.1, 0.15) is 10.4 Å². The maximum absolute atomic E-state index is 11.6. The Balaban J connectivity index is 2.67. The van der Waals surface area contributed by atoms with Gasteiger partial charge in [0.2, 0.25) is 5.91 Å². The molecule has 1 rings (SSSR count). The highest BCUT2D eigenvalue weighted by atomic mass is 32.1. The average molecular weight is 224 g/mol. The van der Waals surface area contributed by atoms with Crippen molar-refractivity contribution < 1.29 is 9.59 Å². The van der Waals surface area contributed by atoms with Crippen LogP contribution in [-0.2, 0) is 4.79 Å². The fraction of sp³-hybridized carbons (Fsp3) is 0.200. The Morgan fingerprint density at radius 1 is 1.33 bits per heavy atom. The highest BCUT2D eigenvalue weighted by Gasteiger charge is 2.16. The van der Waals surface area contributed by atoms with Crippen molar-refractivity contribution in [2.24, 2.45) is 5.73 Å². The van der Waals surface area contributed by atoms with E-state index < -0.39 is 11.9 Å². The lowest BCUT2D eigenvalue weighted by Gasteiger charge is -2.12. The van der Waals surface area contributed by atoms with Gasteiger partial charge in [0.05, 0.1) is 0 Å². The molecule has 0 aliphatic heterocycles. The number of nitrogens with one attached hydrogen (secondary N) is 1. The van der Waals surface area contributed by atoms with Gasteiger partial charge in [-0.15, -0.1) is 0 Å². The van der Waals surface area contributed by atoms with Gasteiger partial charge < -0.3 is 11.1 Å². The van der Waals surface area contributed by atoms with Crippen molar-refractivity contribution in [3.8, 4) is 0 Å². The molecule has 80 valence electrons. The summed E-state index contributed by atoms with van der Waals surface area (Å²) < 4.78 is 0. The zero-order valence-electron chi connectivity index (χ0n) is 8.01. The van der Waals surface area contributed by atoms with E-state index in [1.165, 1.54) is 0 Å². The predicted octanol–water partition coefficient (Wildman–Crippen LogP) is 0.200. The molecule has 1 aromatic rings. The second-order valence-electron chi connectivity index (χ2n) is 2.98. The SMILES string of the molecule is NC(=O)C(CS)NC(=O)c1ccccc1. The molecule has 0 aliphatic rings. The topological polar surface area (TPSA) is 72.2 Å². The van der Waals surface area contributed by atoms with E-state index in [9.17, 15) is 9.59 Å². The Hall–Kier alpha value is -1.49. The van der Waals surface area contributed by atoms with Crippen LogP contribution in [0, 0.1) is 0 Å². The van der Waals surface area contributed by atoms with E-state index in [1.54, 1.807) is 30.3 Å². The number of benzene rings is 1. The monoisotopic (exact) mass is 224 g/mol. The largest absolute Gasteiger partial charge is 0.368 e. The van der Waals surface area contributed by atoms with Gasteiger partial charge >= 0.3 is 0 Å². The van der Waals surface area contributed by atoms with Crippen LogP contribution in [0.4, 0.5) is 0 Å². The van der Waals surface area contributed by atoms with Crippen molar-refractivity contribution in [3.63, 3.8) is 0 Å². The molecule has 0 saturated carbocycles. The zero-order valence-corrected chi connectivity index (χ0v) is 8.91. The molecule has 4 nitrogen and oxygen atoms in total. The van der Waals surface area contributed by atoms with Crippen LogP contribution >= 0.6 is 12.6 Å². The third-order valence-corrected chi connectivity index (χ3v) is 2.23. The third kappa shape index (κ3) is 3.28. The van der Waals surface area contributed by atoms with Crippen molar-refractivity contribution in [2.75, 3.05) is 5.75 Å². The van der Waals surface area contributed by atoms with Crippen LogP contribution in [0.2, 0.25) is 0 Å². The van der Waals surface area contributed by atoms with E-state index in [0.717, 1.165) is 0 Å². The number of hydrogen-bond donors (Lipinski definition) is 3. The molecule has 0 saturated heterocycles. The highest BCUT2D eigenvalue weighted by Crippen LogP contribution is 1.99. The van der Waals surface area contributed by atoms with Crippen LogP contribution in [-0.4, -0.2) is 23.6 Å². The predicted molar refractivity (Wildman–Crippen MR) is 60.7 cm³/mol. The smallest absolute Gasteiger partial charge is 0.251 e. The van der Waals surface area contributed by atoms with Gasteiger partial charge in [-0.1, -0.05) is 18.2 Å². The molecule has 0 aliphatic carbocycles. The molecule has 0 bridgehead atoms. The van der Waals surface area contributed by atoms with Crippen LogP contribution in [0.3, 0.4) is 0 Å². The van der Waals surface area contributed by atoms with E-state index in [0.29, 0.717) is 5.56 Å². The number of hydrogen-bond acceptors (Lipinski definition) is 3. The Bertz CT molecular complexity index is 354. The summed E-state index contributed by atoms with van der Waals surface area (Å²) in [5.41, 5.74) is 5.56. The second kappa shape index (κ2) is 5.41. The number of carbonyl (C=O) groups excluding carboxylic acids is 2. The fourth-order valence-electron chi connectivity index (χ4n) is 1.04. The van der Waals surface area contributed by atoms with Crippen LogP contribution < -0.4 is 11.1 Å². The van der Waals surface area contributed by atoms with Crippen LogP contribution in [0.15, 0.2) is 30.3 Å². The molecule has 0 heterocycles. The first-order valence-corrected chi connectivity index (χ1v) is 5.04.